The predicted molar refractivity (Wildman–Crippen MR) is 107 cm³/mol. The summed E-state index contributed by atoms with van der Waals surface area (Å²) in [6.45, 7) is 5.34. The van der Waals surface area contributed by atoms with Crippen LogP contribution in [0, 0.1) is 13.8 Å². The highest BCUT2D eigenvalue weighted by atomic mass is 32.1. The summed E-state index contributed by atoms with van der Waals surface area (Å²) in [7, 11) is 0. The number of rotatable bonds is 4. The van der Waals surface area contributed by atoms with Gasteiger partial charge in [-0.05, 0) is 32.4 Å². The van der Waals surface area contributed by atoms with Crippen molar-refractivity contribution in [3.05, 3.63) is 64.6 Å². The number of hydrogen-bond donors (Lipinski definition) is 1. The Morgan fingerprint density at radius 2 is 2.04 bits per heavy atom. The van der Waals surface area contributed by atoms with Gasteiger partial charge in [0.05, 0.1) is 5.69 Å². The molecule has 1 saturated heterocycles. The van der Waals surface area contributed by atoms with E-state index < -0.39 is 0 Å². The first kappa shape index (κ1) is 17.6. The summed E-state index contributed by atoms with van der Waals surface area (Å²) in [5, 5.41) is 4.09. The maximum Gasteiger partial charge on any atom is 0.253 e. The fourth-order valence-electron chi connectivity index (χ4n) is 3.34. The van der Waals surface area contributed by atoms with Crippen LogP contribution in [0.2, 0.25) is 0 Å². The minimum atomic E-state index is 0.0838. The third-order valence-corrected chi connectivity index (χ3v) is 5.46. The van der Waals surface area contributed by atoms with Crippen molar-refractivity contribution >= 4 is 28.2 Å². The summed E-state index contributed by atoms with van der Waals surface area (Å²) in [4.78, 5) is 29.2. The molecule has 0 spiro atoms. The number of nitrogens with one attached hydrogen (secondary N) is 1. The number of likely N-dealkylation sites (tertiary alicyclic amines) is 1. The average Bonchev–Trinajstić information content (AvgIpc) is 3.31. The van der Waals surface area contributed by atoms with Crippen LogP contribution in [-0.4, -0.2) is 38.8 Å². The molecule has 0 radical (unpaired) electrons. The Balaban J connectivity index is 1.49. The van der Waals surface area contributed by atoms with E-state index in [0.29, 0.717) is 6.54 Å². The highest BCUT2D eigenvalue weighted by Crippen LogP contribution is 2.29. The van der Waals surface area contributed by atoms with E-state index in [0.717, 1.165) is 45.9 Å². The average molecular weight is 379 g/mol. The van der Waals surface area contributed by atoms with Gasteiger partial charge in [-0.1, -0.05) is 18.2 Å². The molecule has 0 bridgehead atoms. The third-order valence-electron chi connectivity index (χ3n) is 4.63. The van der Waals surface area contributed by atoms with Crippen molar-refractivity contribution in [2.24, 2.45) is 0 Å². The highest BCUT2D eigenvalue weighted by molar-refractivity contribution is 7.15. The summed E-state index contributed by atoms with van der Waals surface area (Å²) >= 11 is 1.59. The quantitative estimate of drug-likeness (QED) is 0.744. The molecule has 27 heavy (non-hydrogen) atoms. The molecule has 1 fully saturated rings. The van der Waals surface area contributed by atoms with E-state index >= 15 is 0 Å². The van der Waals surface area contributed by atoms with Gasteiger partial charge in [-0.2, -0.15) is 0 Å². The Kier molecular flexibility index (Phi) is 4.85. The molecule has 1 amide bonds. The largest absolute Gasteiger partial charge is 0.338 e. The second-order valence-corrected chi connectivity index (χ2v) is 7.96. The standard InChI is InChI=1S/C20H21N5OS/c1-13-11-21-20(27-13)24-18-10-17(22-14(2)23-18)16-8-9-25(12-16)19(26)15-6-4-3-5-7-15/h3-7,10-11,16H,8-9,12H2,1-2H3,(H,21,22,23,24)/t16-/m0/s1. The molecule has 3 heterocycles. The summed E-state index contributed by atoms with van der Waals surface area (Å²) in [5.41, 5.74) is 1.71. The number of aromatic nitrogens is 3. The number of thiazole rings is 1. The molecular weight excluding hydrogens is 358 g/mol. The number of hydrogen-bond acceptors (Lipinski definition) is 6. The fraction of sp³-hybridized carbons (Fsp3) is 0.300. The van der Waals surface area contributed by atoms with Crippen molar-refractivity contribution in [2.75, 3.05) is 18.4 Å². The molecule has 1 aliphatic rings. The molecule has 0 aliphatic carbocycles. The van der Waals surface area contributed by atoms with E-state index in [4.69, 9.17) is 0 Å². The van der Waals surface area contributed by atoms with Gasteiger partial charge in [0.2, 0.25) is 0 Å². The van der Waals surface area contributed by atoms with Crippen molar-refractivity contribution in [1.29, 1.82) is 0 Å². The molecule has 4 rings (SSSR count). The van der Waals surface area contributed by atoms with Gasteiger partial charge >= 0.3 is 0 Å². The maximum atomic E-state index is 12.7. The van der Waals surface area contributed by atoms with Crippen LogP contribution in [0.25, 0.3) is 0 Å². The van der Waals surface area contributed by atoms with Gasteiger partial charge in [0.25, 0.3) is 5.91 Å². The van der Waals surface area contributed by atoms with E-state index in [1.807, 2.05) is 61.3 Å². The van der Waals surface area contributed by atoms with Gasteiger partial charge in [0.15, 0.2) is 5.13 Å². The highest BCUT2D eigenvalue weighted by Gasteiger charge is 2.29. The van der Waals surface area contributed by atoms with Crippen molar-refractivity contribution in [1.82, 2.24) is 19.9 Å². The normalized spacial score (nSPS) is 16.5. The lowest BCUT2D eigenvalue weighted by Gasteiger charge is -2.17. The van der Waals surface area contributed by atoms with Crippen LogP contribution in [0.3, 0.4) is 0 Å². The molecule has 1 aromatic carbocycles. The molecule has 7 heteroatoms. The zero-order valence-corrected chi connectivity index (χ0v) is 16.2. The molecular formula is C20H21N5OS. The molecule has 2 aromatic heterocycles. The fourth-order valence-corrected chi connectivity index (χ4v) is 4.01. The second-order valence-electron chi connectivity index (χ2n) is 6.73. The monoisotopic (exact) mass is 379 g/mol. The number of nitrogens with zero attached hydrogens (tertiary/aromatic N) is 4. The Bertz CT molecular complexity index is 956. The van der Waals surface area contributed by atoms with Gasteiger partial charge in [0, 0.05) is 41.7 Å². The van der Waals surface area contributed by atoms with Crippen molar-refractivity contribution in [3.63, 3.8) is 0 Å². The minimum Gasteiger partial charge on any atom is -0.338 e. The number of benzene rings is 1. The first-order chi connectivity index (χ1) is 13.1. The Morgan fingerprint density at radius 3 is 2.78 bits per heavy atom. The third kappa shape index (κ3) is 3.98. The first-order valence-corrected chi connectivity index (χ1v) is 9.79. The SMILES string of the molecule is Cc1nc(Nc2ncc(C)s2)cc([C@H]2CCN(C(=O)c3ccccc3)C2)n1. The van der Waals surface area contributed by atoms with Crippen molar-refractivity contribution in [2.45, 2.75) is 26.2 Å². The van der Waals surface area contributed by atoms with Crippen LogP contribution in [0.15, 0.2) is 42.6 Å². The van der Waals surface area contributed by atoms with Gasteiger partial charge in [-0.3, -0.25) is 4.79 Å². The number of amides is 1. The number of carbonyl (C=O) groups excluding carboxylic acids is 1. The molecule has 0 saturated carbocycles. The zero-order valence-electron chi connectivity index (χ0n) is 15.3. The Hall–Kier alpha value is -2.80. The van der Waals surface area contributed by atoms with E-state index in [-0.39, 0.29) is 11.8 Å². The number of carbonyl (C=O) groups is 1. The molecule has 1 aliphatic heterocycles. The van der Waals surface area contributed by atoms with Crippen molar-refractivity contribution in [3.8, 4) is 0 Å². The smallest absolute Gasteiger partial charge is 0.253 e. The van der Waals surface area contributed by atoms with Crippen molar-refractivity contribution < 1.29 is 4.79 Å². The lowest BCUT2D eigenvalue weighted by atomic mass is 10.0. The summed E-state index contributed by atoms with van der Waals surface area (Å²) in [5.74, 6) is 1.77. The van der Waals surface area contributed by atoms with Gasteiger partial charge in [-0.15, -0.1) is 11.3 Å². The maximum absolute atomic E-state index is 12.7. The van der Waals surface area contributed by atoms with E-state index in [1.165, 1.54) is 0 Å². The zero-order chi connectivity index (χ0) is 18.8. The van der Waals surface area contributed by atoms with Gasteiger partial charge in [-0.25, -0.2) is 15.0 Å². The molecule has 6 nitrogen and oxygen atoms in total. The van der Waals surface area contributed by atoms with Crippen LogP contribution in [0.5, 0.6) is 0 Å². The van der Waals surface area contributed by atoms with Crippen LogP contribution in [0.1, 0.15) is 39.1 Å². The summed E-state index contributed by atoms with van der Waals surface area (Å²) in [6, 6.07) is 11.4. The predicted octanol–water partition coefficient (Wildman–Crippen LogP) is 3.92. The lowest BCUT2D eigenvalue weighted by Crippen LogP contribution is -2.28. The first-order valence-electron chi connectivity index (χ1n) is 8.98. The molecule has 1 atom stereocenters. The second kappa shape index (κ2) is 7.44. The molecule has 138 valence electrons. The molecule has 3 aromatic rings. The number of anilines is 2. The summed E-state index contributed by atoms with van der Waals surface area (Å²) < 4.78 is 0. The molecule has 0 unspecified atom stereocenters. The number of aryl methyl sites for hydroxylation is 2. The minimum absolute atomic E-state index is 0.0838. The van der Waals surface area contributed by atoms with E-state index in [1.54, 1.807) is 11.3 Å². The topological polar surface area (TPSA) is 71.0 Å². The van der Waals surface area contributed by atoms with Crippen LogP contribution in [-0.2, 0) is 0 Å². The van der Waals surface area contributed by atoms with E-state index in [2.05, 4.69) is 20.3 Å². The Morgan fingerprint density at radius 1 is 1.22 bits per heavy atom. The molecule has 1 N–H and O–H groups in total. The van der Waals surface area contributed by atoms with Crippen LogP contribution >= 0.6 is 11.3 Å². The van der Waals surface area contributed by atoms with Gasteiger partial charge in [0.1, 0.15) is 11.6 Å². The summed E-state index contributed by atoms with van der Waals surface area (Å²) in [6.07, 6.45) is 2.75. The van der Waals surface area contributed by atoms with Gasteiger partial charge < -0.3 is 10.2 Å². The van der Waals surface area contributed by atoms with Crippen LogP contribution in [0.4, 0.5) is 10.9 Å². The van der Waals surface area contributed by atoms with E-state index in [9.17, 15) is 4.79 Å². The Labute approximate surface area is 162 Å². The van der Waals surface area contributed by atoms with Crippen LogP contribution < -0.4 is 5.32 Å². The lowest BCUT2D eigenvalue weighted by molar-refractivity contribution is 0.0790.